The van der Waals surface area contributed by atoms with Crippen LogP contribution in [0.4, 0.5) is 4.79 Å². The van der Waals surface area contributed by atoms with Gasteiger partial charge in [0.15, 0.2) is 0 Å². The number of aromatic nitrogens is 2. The number of benzene rings is 1. The molecule has 0 spiro atoms. The lowest BCUT2D eigenvalue weighted by Gasteiger charge is -2.32. The quantitative estimate of drug-likeness (QED) is 0.847. The van der Waals surface area contributed by atoms with E-state index in [9.17, 15) is 4.79 Å². The second kappa shape index (κ2) is 7.92. The first-order valence-corrected chi connectivity index (χ1v) is 8.16. The van der Waals surface area contributed by atoms with E-state index < -0.39 is 0 Å². The molecule has 1 aliphatic heterocycles. The van der Waals surface area contributed by atoms with Crippen LogP contribution in [0.1, 0.15) is 12.8 Å². The third-order valence-corrected chi connectivity index (χ3v) is 4.13. The molecule has 0 saturated carbocycles. The number of carbonyl (C=O) groups excluding carboxylic acids is 1. The van der Waals surface area contributed by atoms with E-state index in [-0.39, 0.29) is 12.1 Å². The van der Waals surface area contributed by atoms with Gasteiger partial charge in [0.1, 0.15) is 6.10 Å². The summed E-state index contributed by atoms with van der Waals surface area (Å²) in [5.41, 5.74) is 0. The third kappa shape index (κ3) is 3.91. The lowest BCUT2D eigenvalue weighted by molar-refractivity contribution is 0.107. The average molecular weight is 330 g/mol. The molecule has 0 bridgehead atoms. The highest BCUT2D eigenvalue weighted by Gasteiger charge is 2.24. The smallest absolute Gasteiger partial charge is 0.317 e. The fraction of sp³-hybridized carbons (Fsp3) is 0.471. The number of rotatable bonds is 5. The van der Waals surface area contributed by atoms with Gasteiger partial charge in [0.05, 0.1) is 12.8 Å². The van der Waals surface area contributed by atoms with Crippen LogP contribution >= 0.6 is 0 Å². The van der Waals surface area contributed by atoms with Crippen LogP contribution in [-0.2, 0) is 4.74 Å². The second-order valence-corrected chi connectivity index (χ2v) is 5.77. The van der Waals surface area contributed by atoms with Crippen LogP contribution in [0.2, 0.25) is 0 Å². The van der Waals surface area contributed by atoms with Crippen molar-refractivity contribution in [3.05, 3.63) is 30.5 Å². The topological polar surface area (TPSA) is 76.6 Å². The first-order chi connectivity index (χ1) is 11.8. The zero-order valence-corrected chi connectivity index (χ0v) is 13.8. The van der Waals surface area contributed by atoms with Crippen molar-refractivity contribution >= 4 is 16.8 Å². The number of ether oxygens (including phenoxy) is 2. The number of urea groups is 1. The Kier molecular flexibility index (Phi) is 5.43. The number of hydrogen-bond acceptors (Lipinski definition) is 5. The molecular weight excluding hydrogens is 308 g/mol. The number of likely N-dealkylation sites (tertiary alicyclic amines) is 1. The summed E-state index contributed by atoms with van der Waals surface area (Å²) >= 11 is 0. The molecule has 1 fully saturated rings. The van der Waals surface area contributed by atoms with Gasteiger partial charge < -0.3 is 19.7 Å². The molecule has 2 amide bonds. The predicted octanol–water partition coefficient (Wildman–Crippen LogP) is 1.83. The van der Waals surface area contributed by atoms with Crippen LogP contribution in [0.15, 0.2) is 30.5 Å². The van der Waals surface area contributed by atoms with E-state index in [1.165, 1.54) is 0 Å². The molecule has 1 aliphatic rings. The fourth-order valence-electron chi connectivity index (χ4n) is 2.80. The molecule has 24 heavy (non-hydrogen) atoms. The minimum Gasteiger partial charge on any atom is -0.473 e. The number of methoxy groups -OCH3 is 1. The Morgan fingerprint density at radius 2 is 2.12 bits per heavy atom. The SMILES string of the molecule is COCCNC(=O)N1CCC(Oc2nncc3ccccc23)CC1. The number of hydrogen-bond donors (Lipinski definition) is 1. The summed E-state index contributed by atoms with van der Waals surface area (Å²) in [5.74, 6) is 0.566. The van der Waals surface area contributed by atoms with Gasteiger partial charge >= 0.3 is 6.03 Å². The van der Waals surface area contributed by atoms with Crippen molar-refractivity contribution in [1.82, 2.24) is 20.4 Å². The first-order valence-electron chi connectivity index (χ1n) is 8.16. The van der Waals surface area contributed by atoms with Crippen LogP contribution in [0, 0.1) is 0 Å². The summed E-state index contributed by atoms with van der Waals surface area (Å²) in [6, 6.07) is 7.86. The van der Waals surface area contributed by atoms with E-state index in [1.54, 1.807) is 13.3 Å². The zero-order valence-electron chi connectivity index (χ0n) is 13.8. The van der Waals surface area contributed by atoms with Gasteiger partial charge in [-0.05, 0) is 6.07 Å². The molecule has 7 nitrogen and oxygen atoms in total. The maximum atomic E-state index is 12.0. The molecule has 2 aromatic rings. The van der Waals surface area contributed by atoms with Gasteiger partial charge in [-0.3, -0.25) is 0 Å². The molecule has 1 saturated heterocycles. The van der Waals surface area contributed by atoms with Crippen molar-refractivity contribution in [1.29, 1.82) is 0 Å². The normalized spacial score (nSPS) is 15.5. The van der Waals surface area contributed by atoms with Gasteiger partial charge in [-0.1, -0.05) is 18.2 Å². The molecular formula is C17H22N4O3. The summed E-state index contributed by atoms with van der Waals surface area (Å²) in [5, 5.41) is 12.9. The number of carbonyl (C=O) groups is 1. The molecule has 0 atom stereocenters. The minimum atomic E-state index is -0.0459. The number of fused-ring (bicyclic) bond motifs is 1. The summed E-state index contributed by atoms with van der Waals surface area (Å²) in [6.45, 7) is 2.38. The van der Waals surface area contributed by atoms with Crippen molar-refractivity contribution in [3.63, 3.8) is 0 Å². The second-order valence-electron chi connectivity index (χ2n) is 5.77. The molecule has 0 aliphatic carbocycles. The highest BCUT2D eigenvalue weighted by Crippen LogP contribution is 2.24. The molecule has 3 rings (SSSR count). The van der Waals surface area contributed by atoms with E-state index in [0.717, 1.165) is 23.6 Å². The summed E-state index contributed by atoms with van der Waals surface area (Å²) in [7, 11) is 1.62. The third-order valence-electron chi connectivity index (χ3n) is 4.13. The Hall–Kier alpha value is -2.41. The summed E-state index contributed by atoms with van der Waals surface area (Å²) < 4.78 is 11.0. The Balaban J connectivity index is 1.54. The Labute approximate surface area is 140 Å². The first kappa shape index (κ1) is 16.4. The summed E-state index contributed by atoms with van der Waals surface area (Å²) in [6.07, 6.45) is 3.34. The van der Waals surface area contributed by atoms with Crippen molar-refractivity contribution in [3.8, 4) is 5.88 Å². The Bertz CT molecular complexity index is 681. The Morgan fingerprint density at radius 3 is 2.92 bits per heavy atom. The lowest BCUT2D eigenvalue weighted by atomic mass is 10.1. The highest BCUT2D eigenvalue weighted by molar-refractivity contribution is 5.85. The predicted molar refractivity (Wildman–Crippen MR) is 90.0 cm³/mol. The van der Waals surface area contributed by atoms with Gasteiger partial charge in [0, 0.05) is 50.4 Å². The van der Waals surface area contributed by atoms with Crippen LogP contribution < -0.4 is 10.1 Å². The molecule has 1 aromatic carbocycles. The van der Waals surface area contributed by atoms with Crippen molar-refractivity contribution in [2.75, 3.05) is 33.4 Å². The van der Waals surface area contributed by atoms with Crippen LogP contribution in [0.5, 0.6) is 5.88 Å². The van der Waals surface area contributed by atoms with E-state index in [1.807, 2.05) is 29.2 Å². The van der Waals surface area contributed by atoms with Gasteiger partial charge in [-0.2, -0.15) is 5.10 Å². The van der Waals surface area contributed by atoms with Crippen LogP contribution in [0.25, 0.3) is 10.8 Å². The largest absolute Gasteiger partial charge is 0.473 e. The minimum absolute atomic E-state index is 0.0459. The van der Waals surface area contributed by atoms with Gasteiger partial charge in [0.25, 0.3) is 0 Å². The fourth-order valence-corrected chi connectivity index (χ4v) is 2.80. The highest BCUT2D eigenvalue weighted by atomic mass is 16.5. The van der Waals surface area contributed by atoms with E-state index in [0.29, 0.717) is 32.1 Å². The number of nitrogens with zero attached hydrogens (tertiary/aromatic N) is 3. The lowest BCUT2D eigenvalue weighted by Crippen LogP contribution is -2.47. The monoisotopic (exact) mass is 330 g/mol. The van der Waals surface area contributed by atoms with Gasteiger partial charge in [-0.15, -0.1) is 5.10 Å². The standard InChI is InChI=1S/C17H22N4O3/c1-23-11-8-18-17(22)21-9-6-14(7-10-21)24-16-15-5-3-2-4-13(15)12-19-20-16/h2-5,12,14H,6-11H2,1H3,(H,18,22). The molecule has 1 N–H and O–H groups in total. The molecule has 0 unspecified atom stereocenters. The van der Waals surface area contributed by atoms with Crippen molar-refractivity contribution < 1.29 is 14.3 Å². The Morgan fingerprint density at radius 1 is 1.33 bits per heavy atom. The average Bonchev–Trinajstić information content (AvgIpc) is 2.63. The van der Waals surface area contributed by atoms with E-state index in [2.05, 4.69) is 15.5 Å². The van der Waals surface area contributed by atoms with Gasteiger partial charge in [0.2, 0.25) is 5.88 Å². The van der Waals surface area contributed by atoms with E-state index in [4.69, 9.17) is 9.47 Å². The van der Waals surface area contributed by atoms with Gasteiger partial charge in [-0.25, -0.2) is 4.79 Å². The zero-order chi connectivity index (χ0) is 16.8. The van der Waals surface area contributed by atoms with Crippen molar-refractivity contribution in [2.24, 2.45) is 0 Å². The molecule has 1 aromatic heterocycles. The molecule has 2 heterocycles. The maximum absolute atomic E-state index is 12.0. The number of nitrogens with one attached hydrogen (secondary N) is 1. The molecule has 0 radical (unpaired) electrons. The number of amides is 2. The number of piperidine rings is 1. The van der Waals surface area contributed by atoms with Crippen LogP contribution in [-0.4, -0.2) is 60.6 Å². The molecule has 7 heteroatoms. The van der Waals surface area contributed by atoms with Crippen LogP contribution in [0.3, 0.4) is 0 Å². The maximum Gasteiger partial charge on any atom is 0.317 e. The molecule has 128 valence electrons. The van der Waals surface area contributed by atoms with E-state index >= 15 is 0 Å². The van der Waals surface area contributed by atoms with Crippen molar-refractivity contribution in [2.45, 2.75) is 18.9 Å². The summed E-state index contributed by atoms with van der Waals surface area (Å²) in [4.78, 5) is 13.8.